The van der Waals surface area contributed by atoms with Crippen LogP contribution in [0.25, 0.3) is 0 Å². The number of carbonyl (C=O) groups is 2. The minimum absolute atomic E-state index is 0.0717. The maximum atomic E-state index is 12.6. The molecule has 0 spiro atoms. The fourth-order valence-electron chi connectivity index (χ4n) is 2.85. The predicted molar refractivity (Wildman–Crippen MR) is 85.7 cm³/mol. The second kappa shape index (κ2) is 7.97. The lowest BCUT2D eigenvalue weighted by molar-refractivity contribution is -0.147. The molecule has 1 heterocycles. The van der Waals surface area contributed by atoms with Gasteiger partial charge in [0.15, 0.2) is 0 Å². The molecule has 4 nitrogen and oxygen atoms in total. The molecule has 1 aromatic rings. The number of esters is 1. The summed E-state index contributed by atoms with van der Waals surface area (Å²) in [6.45, 7) is 4.93. The number of amides is 1. The minimum atomic E-state index is -0.424. The van der Waals surface area contributed by atoms with E-state index in [4.69, 9.17) is 4.74 Å². The zero-order valence-electron chi connectivity index (χ0n) is 13.5. The molecular formula is C18H25NO3. The standard InChI is InChI=1S/C18H25NO3/c1-3-5-7-14-9-11-15(12-10-14)17(20)19-13-6-8-16(19)18(21)22-4-2/h9-12,16H,3-8,13H2,1-2H3. The summed E-state index contributed by atoms with van der Waals surface area (Å²) in [6.07, 6.45) is 4.91. The average Bonchev–Trinajstić information content (AvgIpc) is 3.02. The van der Waals surface area contributed by atoms with Crippen LogP contribution in [0.15, 0.2) is 24.3 Å². The van der Waals surface area contributed by atoms with Crippen molar-refractivity contribution in [2.24, 2.45) is 0 Å². The molecule has 0 bridgehead atoms. The summed E-state index contributed by atoms with van der Waals surface area (Å²) in [4.78, 5) is 26.2. The van der Waals surface area contributed by atoms with Gasteiger partial charge < -0.3 is 9.64 Å². The van der Waals surface area contributed by atoms with E-state index in [1.54, 1.807) is 11.8 Å². The first-order valence-electron chi connectivity index (χ1n) is 8.24. The van der Waals surface area contributed by atoms with E-state index in [1.165, 1.54) is 5.56 Å². The summed E-state index contributed by atoms with van der Waals surface area (Å²) < 4.78 is 5.07. The molecule has 2 rings (SSSR count). The Bertz CT molecular complexity index is 510. The third-order valence-electron chi connectivity index (χ3n) is 4.09. The molecule has 0 radical (unpaired) electrons. The Kier molecular flexibility index (Phi) is 5.99. The van der Waals surface area contributed by atoms with Crippen molar-refractivity contribution >= 4 is 11.9 Å². The van der Waals surface area contributed by atoms with Crippen molar-refractivity contribution < 1.29 is 14.3 Å². The van der Waals surface area contributed by atoms with Crippen molar-refractivity contribution in [3.63, 3.8) is 0 Å². The molecule has 1 saturated heterocycles. The third kappa shape index (κ3) is 3.87. The highest BCUT2D eigenvalue weighted by atomic mass is 16.5. The number of unbranched alkanes of at least 4 members (excludes halogenated alkanes) is 1. The fraction of sp³-hybridized carbons (Fsp3) is 0.556. The van der Waals surface area contributed by atoms with E-state index >= 15 is 0 Å². The van der Waals surface area contributed by atoms with Crippen molar-refractivity contribution in [2.75, 3.05) is 13.2 Å². The highest BCUT2D eigenvalue weighted by Crippen LogP contribution is 2.21. The summed E-state index contributed by atoms with van der Waals surface area (Å²) >= 11 is 0. The molecule has 0 aliphatic carbocycles. The summed E-state index contributed by atoms with van der Waals surface area (Å²) in [5.41, 5.74) is 1.90. The molecule has 120 valence electrons. The van der Waals surface area contributed by atoms with Gasteiger partial charge in [-0.25, -0.2) is 4.79 Å². The lowest BCUT2D eigenvalue weighted by atomic mass is 10.1. The van der Waals surface area contributed by atoms with Gasteiger partial charge in [-0.1, -0.05) is 25.5 Å². The van der Waals surface area contributed by atoms with Crippen molar-refractivity contribution in [1.82, 2.24) is 4.90 Å². The van der Waals surface area contributed by atoms with Crippen LogP contribution in [0, 0.1) is 0 Å². The van der Waals surface area contributed by atoms with Crippen molar-refractivity contribution in [3.05, 3.63) is 35.4 Å². The van der Waals surface area contributed by atoms with Gasteiger partial charge in [-0.3, -0.25) is 4.79 Å². The van der Waals surface area contributed by atoms with Crippen LogP contribution in [0.3, 0.4) is 0 Å². The van der Waals surface area contributed by atoms with Crippen LogP contribution >= 0.6 is 0 Å². The number of carbonyl (C=O) groups excluding carboxylic acids is 2. The molecule has 0 saturated carbocycles. The zero-order chi connectivity index (χ0) is 15.9. The molecule has 1 aliphatic heterocycles. The predicted octanol–water partition coefficient (Wildman–Crippen LogP) is 3.20. The van der Waals surface area contributed by atoms with E-state index in [-0.39, 0.29) is 11.9 Å². The SMILES string of the molecule is CCCCc1ccc(C(=O)N2CCCC2C(=O)OCC)cc1. The Balaban J connectivity index is 2.05. The van der Waals surface area contributed by atoms with Crippen molar-refractivity contribution in [3.8, 4) is 0 Å². The molecule has 1 atom stereocenters. The summed E-state index contributed by atoms with van der Waals surface area (Å²) in [5.74, 6) is -0.356. The van der Waals surface area contributed by atoms with E-state index in [1.807, 2.05) is 24.3 Å². The summed E-state index contributed by atoms with van der Waals surface area (Å²) in [6, 6.07) is 7.34. The summed E-state index contributed by atoms with van der Waals surface area (Å²) in [7, 11) is 0. The average molecular weight is 303 g/mol. The van der Waals surface area contributed by atoms with E-state index in [0.29, 0.717) is 25.1 Å². The number of hydrogen-bond donors (Lipinski definition) is 0. The van der Waals surface area contributed by atoms with E-state index in [2.05, 4.69) is 6.92 Å². The second-order valence-corrected chi connectivity index (χ2v) is 5.71. The van der Waals surface area contributed by atoms with Gasteiger partial charge in [0, 0.05) is 12.1 Å². The number of rotatable bonds is 6. The maximum Gasteiger partial charge on any atom is 0.328 e. The number of nitrogens with zero attached hydrogens (tertiary/aromatic N) is 1. The Hall–Kier alpha value is -1.84. The van der Waals surface area contributed by atoms with E-state index in [9.17, 15) is 9.59 Å². The highest BCUT2D eigenvalue weighted by molar-refractivity contribution is 5.97. The Morgan fingerprint density at radius 1 is 1.23 bits per heavy atom. The maximum absolute atomic E-state index is 12.6. The third-order valence-corrected chi connectivity index (χ3v) is 4.09. The van der Waals surface area contributed by atoms with E-state index < -0.39 is 6.04 Å². The fourth-order valence-corrected chi connectivity index (χ4v) is 2.85. The van der Waals surface area contributed by atoms with Crippen LogP contribution < -0.4 is 0 Å². The van der Waals surface area contributed by atoms with Crippen LogP contribution in [0.4, 0.5) is 0 Å². The van der Waals surface area contributed by atoms with Crippen LogP contribution in [0.2, 0.25) is 0 Å². The van der Waals surface area contributed by atoms with Crippen LogP contribution in [0.5, 0.6) is 0 Å². The second-order valence-electron chi connectivity index (χ2n) is 5.71. The van der Waals surface area contributed by atoms with Crippen LogP contribution in [0.1, 0.15) is 55.5 Å². The smallest absolute Gasteiger partial charge is 0.328 e. The number of aryl methyl sites for hydroxylation is 1. The Morgan fingerprint density at radius 2 is 1.95 bits per heavy atom. The zero-order valence-corrected chi connectivity index (χ0v) is 13.5. The summed E-state index contributed by atoms with van der Waals surface area (Å²) in [5, 5.41) is 0. The quantitative estimate of drug-likeness (QED) is 0.758. The monoisotopic (exact) mass is 303 g/mol. The van der Waals surface area contributed by atoms with Gasteiger partial charge in [-0.05, 0) is 50.3 Å². The molecule has 0 N–H and O–H groups in total. The minimum Gasteiger partial charge on any atom is -0.464 e. The van der Waals surface area contributed by atoms with Gasteiger partial charge in [0.2, 0.25) is 0 Å². The highest BCUT2D eigenvalue weighted by Gasteiger charge is 2.35. The molecule has 22 heavy (non-hydrogen) atoms. The topological polar surface area (TPSA) is 46.6 Å². The van der Waals surface area contributed by atoms with Gasteiger partial charge >= 0.3 is 5.97 Å². The van der Waals surface area contributed by atoms with E-state index in [0.717, 1.165) is 25.7 Å². The van der Waals surface area contributed by atoms with Crippen LogP contribution in [-0.4, -0.2) is 36.0 Å². The first-order valence-corrected chi connectivity index (χ1v) is 8.24. The first kappa shape index (κ1) is 16.5. The number of ether oxygens (including phenoxy) is 1. The lowest BCUT2D eigenvalue weighted by Crippen LogP contribution is -2.41. The van der Waals surface area contributed by atoms with Gasteiger partial charge in [-0.2, -0.15) is 0 Å². The van der Waals surface area contributed by atoms with Gasteiger partial charge in [-0.15, -0.1) is 0 Å². The molecule has 1 unspecified atom stereocenters. The van der Waals surface area contributed by atoms with Gasteiger partial charge in [0.25, 0.3) is 5.91 Å². The van der Waals surface area contributed by atoms with Crippen molar-refractivity contribution in [2.45, 2.75) is 52.0 Å². The van der Waals surface area contributed by atoms with Crippen molar-refractivity contribution in [1.29, 1.82) is 0 Å². The number of hydrogen-bond acceptors (Lipinski definition) is 3. The molecule has 1 aromatic carbocycles. The molecular weight excluding hydrogens is 278 g/mol. The molecule has 1 amide bonds. The number of likely N-dealkylation sites (tertiary alicyclic amines) is 1. The lowest BCUT2D eigenvalue weighted by Gasteiger charge is -2.23. The Labute approximate surface area is 132 Å². The first-order chi connectivity index (χ1) is 10.7. The molecule has 1 aliphatic rings. The largest absolute Gasteiger partial charge is 0.464 e. The molecule has 1 fully saturated rings. The molecule has 0 aromatic heterocycles. The van der Waals surface area contributed by atoms with Crippen LogP contribution in [-0.2, 0) is 16.0 Å². The number of benzene rings is 1. The normalized spacial score (nSPS) is 17.5. The molecule has 4 heteroatoms. The van der Waals surface area contributed by atoms with Gasteiger partial charge in [0.1, 0.15) is 6.04 Å². The van der Waals surface area contributed by atoms with Gasteiger partial charge in [0.05, 0.1) is 6.61 Å². The Morgan fingerprint density at radius 3 is 2.59 bits per heavy atom.